The van der Waals surface area contributed by atoms with Crippen molar-refractivity contribution in [2.45, 2.75) is 43.6 Å². The highest BCUT2D eigenvalue weighted by Gasteiger charge is 2.32. The first-order valence-electron chi connectivity index (χ1n) is 10.8. The van der Waals surface area contributed by atoms with Gasteiger partial charge in [-0.25, -0.2) is 13.2 Å². The highest BCUT2D eigenvalue weighted by molar-refractivity contribution is 7.89. The number of anilines is 1. The number of cyclic esters (lactones) is 1. The van der Waals surface area contributed by atoms with Crippen molar-refractivity contribution in [2.75, 3.05) is 25.0 Å². The Bertz CT molecular complexity index is 1130. The van der Waals surface area contributed by atoms with Gasteiger partial charge < -0.3 is 14.8 Å². The summed E-state index contributed by atoms with van der Waals surface area (Å²) in [6, 6.07) is 11.4. The number of rotatable bonds is 7. The van der Waals surface area contributed by atoms with E-state index < -0.39 is 28.0 Å². The number of nitrogens with zero attached hydrogens (tertiary/aromatic N) is 1. The van der Waals surface area contributed by atoms with E-state index in [2.05, 4.69) is 5.32 Å². The second-order valence-electron chi connectivity index (χ2n) is 7.79. The molecule has 4 rings (SSSR count). The van der Waals surface area contributed by atoms with Crippen molar-refractivity contribution in [2.24, 2.45) is 0 Å². The van der Waals surface area contributed by atoms with Crippen molar-refractivity contribution in [3.05, 3.63) is 53.6 Å². The highest BCUT2D eigenvalue weighted by Crippen LogP contribution is 2.34. The molecule has 2 heterocycles. The molecule has 1 fully saturated rings. The first kappa shape index (κ1) is 22.3. The number of ether oxygens (including phenoxy) is 2. The number of benzene rings is 2. The molecule has 32 heavy (non-hydrogen) atoms. The van der Waals surface area contributed by atoms with E-state index in [4.69, 9.17) is 9.47 Å². The van der Waals surface area contributed by atoms with Crippen LogP contribution in [0.2, 0.25) is 0 Å². The van der Waals surface area contributed by atoms with Crippen molar-refractivity contribution in [1.29, 1.82) is 0 Å². The van der Waals surface area contributed by atoms with Gasteiger partial charge in [-0.2, -0.15) is 4.31 Å². The fourth-order valence-corrected chi connectivity index (χ4v) is 5.59. The fraction of sp³-hybridized carbons (Fsp3) is 0.391. The molecule has 1 N–H and O–H groups in total. The number of carbonyl (C=O) groups is 2. The molecule has 170 valence electrons. The molecule has 2 aliphatic rings. The lowest BCUT2D eigenvalue weighted by Gasteiger charge is -2.26. The van der Waals surface area contributed by atoms with Gasteiger partial charge in [0, 0.05) is 18.7 Å². The predicted octanol–water partition coefficient (Wildman–Crippen LogP) is 3.50. The number of carbonyl (C=O) groups excluding carboxylic acids is 2. The average Bonchev–Trinajstić information content (AvgIpc) is 3.11. The molecular formula is C23H26N2O6S. The quantitative estimate of drug-likeness (QED) is 0.637. The predicted molar refractivity (Wildman–Crippen MR) is 118 cm³/mol. The van der Waals surface area contributed by atoms with Crippen LogP contribution in [0, 0.1) is 0 Å². The first-order chi connectivity index (χ1) is 15.4. The molecular weight excluding hydrogens is 432 g/mol. The molecule has 1 saturated heterocycles. The van der Waals surface area contributed by atoms with Gasteiger partial charge in [0.1, 0.15) is 11.9 Å². The minimum atomic E-state index is -3.66. The summed E-state index contributed by atoms with van der Waals surface area (Å²) in [5.41, 5.74) is 1.39. The molecule has 2 aromatic rings. The minimum absolute atomic E-state index is 0.0859. The zero-order chi connectivity index (χ0) is 22.7. The minimum Gasteiger partial charge on any atom is -0.492 e. The van der Waals surface area contributed by atoms with Crippen LogP contribution in [-0.4, -0.2) is 44.3 Å². The van der Waals surface area contributed by atoms with Crippen LogP contribution in [0.1, 0.15) is 54.6 Å². The largest absolute Gasteiger partial charge is 0.492 e. The Morgan fingerprint density at radius 1 is 1.16 bits per heavy atom. The molecule has 9 heteroatoms. The molecule has 0 aliphatic carbocycles. The number of amides is 1. The van der Waals surface area contributed by atoms with Crippen LogP contribution in [0.5, 0.6) is 5.75 Å². The Hall–Kier alpha value is -2.91. The third-order valence-corrected chi connectivity index (χ3v) is 7.52. The maximum Gasteiger partial charge on any atom is 0.339 e. The van der Waals surface area contributed by atoms with Gasteiger partial charge in [0.25, 0.3) is 0 Å². The van der Waals surface area contributed by atoms with E-state index in [9.17, 15) is 18.0 Å². The number of esters is 1. The molecule has 1 atom stereocenters. The SMILES string of the molecule is CCOc1ccc(S(=O)(=O)N2CCCCC2)cc1NC(=O)C[C@@H]1OC(=O)c2ccccc21. The molecule has 8 nitrogen and oxygen atoms in total. The van der Waals surface area contributed by atoms with Gasteiger partial charge in [-0.1, -0.05) is 24.6 Å². The van der Waals surface area contributed by atoms with Gasteiger partial charge in [0.2, 0.25) is 15.9 Å². The number of nitrogens with one attached hydrogen (secondary N) is 1. The summed E-state index contributed by atoms with van der Waals surface area (Å²) in [5, 5.41) is 2.75. The van der Waals surface area contributed by atoms with Crippen LogP contribution in [-0.2, 0) is 19.6 Å². The zero-order valence-electron chi connectivity index (χ0n) is 17.9. The zero-order valence-corrected chi connectivity index (χ0v) is 18.7. The normalized spacial score (nSPS) is 18.7. The molecule has 0 saturated carbocycles. The number of piperidine rings is 1. The summed E-state index contributed by atoms with van der Waals surface area (Å²) >= 11 is 0. The second-order valence-corrected chi connectivity index (χ2v) is 9.73. The third-order valence-electron chi connectivity index (χ3n) is 5.63. The standard InChI is InChI=1S/C23H26N2O6S/c1-2-30-20-11-10-16(32(28,29)25-12-6-3-7-13-25)14-19(20)24-22(26)15-21-17-8-4-5-9-18(17)23(27)31-21/h4-5,8-11,14,21H,2-3,6-7,12-13,15H2,1H3,(H,24,26)/t21-/m0/s1. The van der Waals surface area contributed by atoms with Crippen LogP contribution in [0.25, 0.3) is 0 Å². The Labute approximate surface area is 187 Å². The van der Waals surface area contributed by atoms with Crippen LogP contribution in [0.3, 0.4) is 0 Å². The molecule has 2 aromatic carbocycles. The summed E-state index contributed by atoms with van der Waals surface area (Å²) in [4.78, 5) is 24.9. The maximum atomic E-state index is 13.1. The molecule has 0 spiro atoms. The van der Waals surface area contributed by atoms with Crippen molar-refractivity contribution < 1.29 is 27.5 Å². The van der Waals surface area contributed by atoms with E-state index in [-0.39, 0.29) is 17.0 Å². The second kappa shape index (κ2) is 9.30. The Balaban J connectivity index is 1.55. The van der Waals surface area contributed by atoms with Crippen LogP contribution >= 0.6 is 0 Å². The van der Waals surface area contributed by atoms with Gasteiger partial charge in [-0.05, 0) is 44.0 Å². The smallest absolute Gasteiger partial charge is 0.339 e. The lowest BCUT2D eigenvalue weighted by atomic mass is 10.0. The van der Waals surface area contributed by atoms with E-state index in [1.54, 1.807) is 37.3 Å². The summed E-state index contributed by atoms with van der Waals surface area (Å²) in [7, 11) is -3.66. The summed E-state index contributed by atoms with van der Waals surface area (Å²) < 4.78 is 38.5. The summed E-state index contributed by atoms with van der Waals surface area (Å²) in [6.07, 6.45) is 1.92. The van der Waals surface area contributed by atoms with Gasteiger partial charge in [-0.15, -0.1) is 0 Å². The van der Waals surface area contributed by atoms with E-state index in [0.717, 1.165) is 19.3 Å². The van der Waals surface area contributed by atoms with E-state index in [1.807, 2.05) is 0 Å². The van der Waals surface area contributed by atoms with Crippen molar-refractivity contribution in [3.63, 3.8) is 0 Å². The number of hydrogen-bond donors (Lipinski definition) is 1. The van der Waals surface area contributed by atoms with Gasteiger partial charge in [0.05, 0.1) is 29.2 Å². The van der Waals surface area contributed by atoms with Gasteiger partial charge in [-0.3, -0.25) is 4.79 Å². The number of fused-ring (bicyclic) bond motifs is 1. The molecule has 0 unspecified atom stereocenters. The van der Waals surface area contributed by atoms with E-state index in [0.29, 0.717) is 36.6 Å². The van der Waals surface area contributed by atoms with Crippen LogP contribution in [0.4, 0.5) is 5.69 Å². The van der Waals surface area contributed by atoms with Crippen LogP contribution < -0.4 is 10.1 Å². The first-order valence-corrected chi connectivity index (χ1v) is 12.2. The fourth-order valence-electron chi connectivity index (χ4n) is 4.04. The van der Waals surface area contributed by atoms with Gasteiger partial charge in [0.15, 0.2) is 0 Å². The molecule has 0 radical (unpaired) electrons. The van der Waals surface area contributed by atoms with E-state index in [1.165, 1.54) is 16.4 Å². The van der Waals surface area contributed by atoms with Crippen molar-refractivity contribution >= 4 is 27.6 Å². The topological polar surface area (TPSA) is 102 Å². The Morgan fingerprint density at radius 3 is 2.66 bits per heavy atom. The molecule has 1 amide bonds. The third kappa shape index (κ3) is 4.49. The van der Waals surface area contributed by atoms with Gasteiger partial charge >= 0.3 is 5.97 Å². The maximum absolute atomic E-state index is 13.1. The van der Waals surface area contributed by atoms with Crippen molar-refractivity contribution in [3.8, 4) is 5.75 Å². The Morgan fingerprint density at radius 2 is 1.91 bits per heavy atom. The lowest BCUT2D eigenvalue weighted by molar-refractivity contribution is -0.118. The summed E-state index contributed by atoms with van der Waals surface area (Å²) in [6.45, 7) is 3.14. The Kier molecular flexibility index (Phi) is 6.48. The molecule has 2 aliphatic heterocycles. The lowest BCUT2D eigenvalue weighted by Crippen LogP contribution is -2.35. The van der Waals surface area contributed by atoms with E-state index >= 15 is 0 Å². The highest BCUT2D eigenvalue weighted by atomic mass is 32.2. The number of sulfonamides is 1. The molecule has 0 aromatic heterocycles. The van der Waals surface area contributed by atoms with Crippen molar-refractivity contribution in [1.82, 2.24) is 4.31 Å². The number of hydrogen-bond acceptors (Lipinski definition) is 6. The monoisotopic (exact) mass is 458 g/mol. The average molecular weight is 459 g/mol. The molecule has 0 bridgehead atoms. The summed E-state index contributed by atoms with van der Waals surface area (Å²) in [5.74, 6) is -0.488. The van der Waals surface area contributed by atoms with Crippen LogP contribution in [0.15, 0.2) is 47.4 Å².